The highest BCUT2D eigenvalue weighted by Gasteiger charge is 2.15. The zero-order valence-electron chi connectivity index (χ0n) is 15.7. The predicted molar refractivity (Wildman–Crippen MR) is 110 cm³/mol. The van der Waals surface area contributed by atoms with Crippen molar-refractivity contribution in [3.05, 3.63) is 82.2 Å². The highest BCUT2D eigenvalue weighted by molar-refractivity contribution is 7.22. The lowest BCUT2D eigenvalue weighted by atomic mass is 10.2. The molecule has 0 aliphatic heterocycles. The molecule has 0 aliphatic carbocycles. The molecule has 7 nitrogen and oxygen atoms in total. The maximum atomic E-state index is 13.6. The normalized spacial score (nSPS) is 10.7. The van der Waals surface area contributed by atoms with Gasteiger partial charge in [0, 0.05) is 11.6 Å². The van der Waals surface area contributed by atoms with Gasteiger partial charge in [-0.15, -0.1) is 0 Å². The number of carbonyl (C=O) groups is 1. The van der Waals surface area contributed by atoms with E-state index in [0.29, 0.717) is 22.0 Å². The van der Waals surface area contributed by atoms with Crippen LogP contribution >= 0.6 is 11.3 Å². The molecule has 0 bridgehead atoms. The second kappa shape index (κ2) is 8.34. The van der Waals surface area contributed by atoms with E-state index >= 15 is 0 Å². The Morgan fingerprint density at radius 2 is 2.07 bits per heavy atom. The van der Waals surface area contributed by atoms with E-state index in [-0.39, 0.29) is 18.1 Å². The number of hydrogen-bond acceptors (Lipinski definition) is 7. The summed E-state index contributed by atoms with van der Waals surface area (Å²) in [5, 5.41) is 2.95. The first kappa shape index (κ1) is 19.6. The molecule has 0 radical (unpaired) electrons. The van der Waals surface area contributed by atoms with Crippen LogP contribution in [0.5, 0.6) is 11.5 Å². The maximum Gasteiger partial charge on any atom is 0.293 e. The van der Waals surface area contributed by atoms with Crippen LogP contribution in [0.1, 0.15) is 16.1 Å². The summed E-state index contributed by atoms with van der Waals surface area (Å²) in [4.78, 5) is 29.0. The Kier molecular flexibility index (Phi) is 5.44. The number of thiazole rings is 1. The van der Waals surface area contributed by atoms with Crippen LogP contribution < -0.4 is 20.2 Å². The van der Waals surface area contributed by atoms with Crippen molar-refractivity contribution in [1.29, 1.82) is 0 Å². The molecule has 2 aromatic carbocycles. The minimum atomic E-state index is -0.626. The molecular formula is C21H15FN2O5S. The third-order valence-corrected chi connectivity index (χ3v) is 5.11. The van der Waals surface area contributed by atoms with Gasteiger partial charge in [-0.05, 0) is 24.3 Å². The van der Waals surface area contributed by atoms with Gasteiger partial charge in [-0.2, -0.15) is 0 Å². The van der Waals surface area contributed by atoms with Crippen molar-refractivity contribution in [3.8, 4) is 11.5 Å². The molecule has 152 valence electrons. The first-order valence-corrected chi connectivity index (χ1v) is 9.60. The van der Waals surface area contributed by atoms with Gasteiger partial charge in [0.25, 0.3) is 5.91 Å². The number of methoxy groups -OCH3 is 1. The molecule has 2 aromatic heterocycles. The van der Waals surface area contributed by atoms with Crippen LogP contribution in [0.3, 0.4) is 0 Å². The van der Waals surface area contributed by atoms with E-state index in [4.69, 9.17) is 13.9 Å². The van der Waals surface area contributed by atoms with Gasteiger partial charge in [0.05, 0.1) is 17.3 Å². The summed E-state index contributed by atoms with van der Waals surface area (Å²) >= 11 is 1.26. The van der Waals surface area contributed by atoms with E-state index < -0.39 is 17.2 Å². The molecule has 9 heteroatoms. The quantitative estimate of drug-likeness (QED) is 0.496. The monoisotopic (exact) mass is 426 g/mol. The van der Waals surface area contributed by atoms with Crippen LogP contribution in [-0.4, -0.2) is 18.0 Å². The standard InChI is InChI=1S/C21H15FN2O5S/c1-27-13-6-7-15-19(8-13)30-21(23-15)24-20(26)17-9-16(25)18(11-29-17)28-10-12-4-2-3-5-14(12)22/h2-9,11H,10H2,1H3,(H,23,24,26). The second-order valence-electron chi connectivity index (χ2n) is 6.16. The summed E-state index contributed by atoms with van der Waals surface area (Å²) < 4.78 is 30.2. The van der Waals surface area contributed by atoms with Gasteiger partial charge in [0.1, 0.15) is 24.4 Å². The number of nitrogens with zero attached hydrogens (tertiary/aromatic N) is 1. The molecular weight excluding hydrogens is 411 g/mol. The summed E-state index contributed by atoms with van der Waals surface area (Å²) in [6.45, 7) is -0.141. The number of ether oxygens (including phenoxy) is 2. The van der Waals surface area contributed by atoms with Crippen LogP contribution in [0.25, 0.3) is 10.2 Å². The van der Waals surface area contributed by atoms with Crippen LogP contribution in [0, 0.1) is 5.82 Å². The lowest BCUT2D eigenvalue weighted by Gasteiger charge is -2.06. The zero-order valence-corrected chi connectivity index (χ0v) is 16.5. The first-order chi connectivity index (χ1) is 14.5. The van der Waals surface area contributed by atoms with Gasteiger partial charge in [-0.25, -0.2) is 9.37 Å². The number of nitrogens with one attached hydrogen (secondary N) is 1. The Morgan fingerprint density at radius 3 is 2.83 bits per heavy atom. The van der Waals surface area contributed by atoms with Gasteiger partial charge < -0.3 is 13.9 Å². The summed E-state index contributed by atoms with van der Waals surface area (Å²) in [6.07, 6.45) is 1.03. The number of fused-ring (bicyclic) bond motifs is 1. The van der Waals surface area contributed by atoms with E-state index in [1.807, 2.05) is 6.07 Å². The van der Waals surface area contributed by atoms with Crippen molar-refractivity contribution in [2.24, 2.45) is 0 Å². The third kappa shape index (κ3) is 4.15. The number of halogens is 1. The number of aromatic nitrogens is 1. The Hall–Kier alpha value is -3.72. The molecule has 0 saturated heterocycles. The fraction of sp³-hybridized carbons (Fsp3) is 0.0952. The minimum absolute atomic E-state index is 0.123. The largest absolute Gasteiger partial charge is 0.497 e. The lowest BCUT2D eigenvalue weighted by molar-refractivity contribution is 0.0993. The van der Waals surface area contributed by atoms with Gasteiger partial charge in [-0.1, -0.05) is 29.5 Å². The van der Waals surface area contributed by atoms with Crippen molar-refractivity contribution >= 4 is 32.6 Å². The third-order valence-electron chi connectivity index (χ3n) is 4.18. The number of hydrogen-bond donors (Lipinski definition) is 1. The SMILES string of the molecule is COc1ccc2nc(NC(=O)c3cc(=O)c(OCc4ccccc4F)co3)sc2c1. The Morgan fingerprint density at radius 1 is 1.23 bits per heavy atom. The molecule has 2 heterocycles. The van der Waals surface area contributed by atoms with E-state index in [2.05, 4.69) is 10.3 Å². The summed E-state index contributed by atoms with van der Waals surface area (Å²) in [6, 6.07) is 12.4. The molecule has 0 aliphatic rings. The average molecular weight is 426 g/mol. The topological polar surface area (TPSA) is 90.7 Å². The van der Waals surface area contributed by atoms with Crippen molar-refractivity contribution in [2.45, 2.75) is 6.61 Å². The second-order valence-corrected chi connectivity index (χ2v) is 7.19. The summed E-state index contributed by atoms with van der Waals surface area (Å²) in [5.41, 5.74) is 0.442. The smallest absolute Gasteiger partial charge is 0.293 e. The average Bonchev–Trinajstić information content (AvgIpc) is 3.15. The maximum absolute atomic E-state index is 13.6. The Labute approximate surface area is 173 Å². The predicted octanol–water partition coefficient (Wildman–Crippen LogP) is 4.23. The van der Waals surface area contributed by atoms with Crippen molar-refractivity contribution in [1.82, 2.24) is 4.98 Å². The van der Waals surface area contributed by atoms with Crippen molar-refractivity contribution < 1.29 is 23.1 Å². The molecule has 1 N–H and O–H groups in total. The van der Waals surface area contributed by atoms with Gasteiger partial charge in [0.2, 0.25) is 11.2 Å². The van der Waals surface area contributed by atoms with Crippen molar-refractivity contribution in [3.63, 3.8) is 0 Å². The van der Waals surface area contributed by atoms with Gasteiger partial charge in [0.15, 0.2) is 10.9 Å². The van der Waals surface area contributed by atoms with Crippen LogP contribution in [0.2, 0.25) is 0 Å². The highest BCUT2D eigenvalue weighted by atomic mass is 32.1. The number of rotatable bonds is 6. The summed E-state index contributed by atoms with van der Waals surface area (Å²) in [7, 11) is 1.57. The highest BCUT2D eigenvalue weighted by Crippen LogP contribution is 2.29. The molecule has 4 rings (SSSR count). The van der Waals surface area contributed by atoms with E-state index in [0.717, 1.165) is 17.0 Å². The number of benzene rings is 2. The van der Waals surface area contributed by atoms with E-state index in [9.17, 15) is 14.0 Å². The molecule has 4 aromatic rings. The summed E-state index contributed by atoms with van der Waals surface area (Å²) in [5.74, 6) is -0.705. The van der Waals surface area contributed by atoms with Crippen LogP contribution in [0.15, 0.2) is 64.0 Å². The van der Waals surface area contributed by atoms with E-state index in [1.54, 1.807) is 37.4 Å². The van der Waals surface area contributed by atoms with Crippen LogP contribution in [0.4, 0.5) is 9.52 Å². The molecule has 1 amide bonds. The Balaban J connectivity index is 1.46. The first-order valence-electron chi connectivity index (χ1n) is 8.78. The van der Waals surface area contributed by atoms with Gasteiger partial charge in [-0.3, -0.25) is 14.9 Å². The Bertz CT molecular complexity index is 1280. The fourth-order valence-corrected chi connectivity index (χ4v) is 3.53. The number of anilines is 1. The fourth-order valence-electron chi connectivity index (χ4n) is 2.64. The molecule has 30 heavy (non-hydrogen) atoms. The molecule has 0 unspecified atom stereocenters. The van der Waals surface area contributed by atoms with Crippen molar-refractivity contribution in [2.75, 3.05) is 12.4 Å². The van der Waals surface area contributed by atoms with Gasteiger partial charge >= 0.3 is 0 Å². The molecule has 0 fully saturated rings. The van der Waals surface area contributed by atoms with E-state index in [1.165, 1.54) is 17.4 Å². The minimum Gasteiger partial charge on any atom is -0.497 e. The number of amides is 1. The molecule has 0 atom stereocenters. The number of carbonyl (C=O) groups excluding carboxylic acids is 1. The molecule has 0 saturated carbocycles. The van der Waals surface area contributed by atoms with Crippen LogP contribution in [-0.2, 0) is 6.61 Å². The lowest BCUT2D eigenvalue weighted by Crippen LogP contribution is -2.15. The zero-order chi connectivity index (χ0) is 21.1. The molecule has 0 spiro atoms.